The molecule has 0 aliphatic carbocycles. The maximum absolute atomic E-state index is 12.5. The lowest BCUT2D eigenvalue weighted by Gasteiger charge is -2.19. The molecule has 1 saturated heterocycles. The van der Waals surface area contributed by atoms with Gasteiger partial charge < -0.3 is 10.2 Å². The van der Waals surface area contributed by atoms with Gasteiger partial charge in [-0.3, -0.25) is 9.59 Å². The Labute approximate surface area is 155 Å². The minimum Gasteiger partial charge on any atom is -0.326 e. The van der Waals surface area contributed by atoms with Crippen LogP contribution in [0.1, 0.15) is 17.5 Å². The van der Waals surface area contributed by atoms with Gasteiger partial charge in [0.1, 0.15) is 0 Å². The Morgan fingerprint density at radius 1 is 1.17 bits per heavy atom. The molecule has 124 valence electrons. The Morgan fingerprint density at radius 3 is 2.54 bits per heavy atom. The summed E-state index contributed by atoms with van der Waals surface area (Å²) in [5.41, 5.74) is 3.88. The number of rotatable bonds is 3. The van der Waals surface area contributed by atoms with E-state index in [-0.39, 0.29) is 24.2 Å². The van der Waals surface area contributed by atoms with Crippen LogP contribution in [0.4, 0.5) is 11.4 Å². The van der Waals surface area contributed by atoms with Gasteiger partial charge in [-0.25, -0.2) is 0 Å². The van der Waals surface area contributed by atoms with Crippen LogP contribution in [0.25, 0.3) is 0 Å². The van der Waals surface area contributed by atoms with E-state index in [4.69, 9.17) is 0 Å². The molecule has 4 nitrogen and oxygen atoms in total. The van der Waals surface area contributed by atoms with Gasteiger partial charge in [0.05, 0.1) is 5.92 Å². The van der Waals surface area contributed by atoms with Crippen molar-refractivity contribution in [2.75, 3.05) is 16.8 Å². The quantitative estimate of drug-likeness (QED) is 0.746. The first-order valence-corrected chi connectivity index (χ1v) is 8.96. The molecule has 2 aromatic rings. The summed E-state index contributed by atoms with van der Waals surface area (Å²) in [4.78, 5) is 26.6. The number of anilines is 2. The number of nitrogens with zero attached hydrogens (tertiary/aromatic N) is 1. The van der Waals surface area contributed by atoms with Crippen LogP contribution in [-0.2, 0) is 9.59 Å². The van der Waals surface area contributed by atoms with Crippen LogP contribution < -0.4 is 10.2 Å². The van der Waals surface area contributed by atoms with E-state index in [0.29, 0.717) is 6.54 Å². The Bertz CT molecular complexity index is 786. The molecule has 0 radical (unpaired) electrons. The Balaban J connectivity index is 1.72. The van der Waals surface area contributed by atoms with Gasteiger partial charge in [0, 0.05) is 27.9 Å². The first-order chi connectivity index (χ1) is 11.4. The van der Waals surface area contributed by atoms with Crippen LogP contribution in [0.3, 0.4) is 0 Å². The number of benzene rings is 2. The molecular weight excluding hydrogens is 415 g/mol. The first-order valence-electron chi connectivity index (χ1n) is 7.88. The summed E-state index contributed by atoms with van der Waals surface area (Å²) in [6.07, 6.45) is 0.253. The predicted molar refractivity (Wildman–Crippen MR) is 104 cm³/mol. The van der Waals surface area contributed by atoms with Crippen molar-refractivity contribution in [3.8, 4) is 0 Å². The number of carbonyl (C=O) groups excluding carboxylic acids is 2. The van der Waals surface area contributed by atoms with Gasteiger partial charge in [-0.15, -0.1) is 0 Å². The van der Waals surface area contributed by atoms with Crippen molar-refractivity contribution in [3.05, 3.63) is 57.2 Å². The fourth-order valence-electron chi connectivity index (χ4n) is 3.00. The first kappa shape index (κ1) is 17.0. The minimum absolute atomic E-state index is 0.00436. The van der Waals surface area contributed by atoms with Crippen molar-refractivity contribution in [2.24, 2.45) is 5.92 Å². The van der Waals surface area contributed by atoms with Gasteiger partial charge in [0.15, 0.2) is 0 Å². The molecule has 3 rings (SSSR count). The number of amides is 2. The van der Waals surface area contributed by atoms with E-state index in [1.165, 1.54) is 0 Å². The van der Waals surface area contributed by atoms with Gasteiger partial charge >= 0.3 is 0 Å². The van der Waals surface area contributed by atoms with Crippen molar-refractivity contribution in [1.82, 2.24) is 0 Å². The third-order valence-electron chi connectivity index (χ3n) is 4.25. The summed E-state index contributed by atoms with van der Waals surface area (Å²) in [7, 11) is 0. The highest BCUT2D eigenvalue weighted by Crippen LogP contribution is 2.29. The Kier molecular flexibility index (Phi) is 4.89. The molecule has 2 aromatic carbocycles. The molecule has 1 heterocycles. The lowest BCUT2D eigenvalue weighted by atomic mass is 10.1. The van der Waals surface area contributed by atoms with E-state index >= 15 is 0 Å². The van der Waals surface area contributed by atoms with Gasteiger partial charge in [0.2, 0.25) is 11.8 Å². The molecule has 24 heavy (non-hydrogen) atoms. The van der Waals surface area contributed by atoms with Crippen molar-refractivity contribution in [2.45, 2.75) is 20.3 Å². The van der Waals surface area contributed by atoms with Crippen LogP contribution >= 0.6 is 22.6 Å². The second kappa shape index (κ2) is 6.93. The van der Waals surface area contributed by atoms with E-state index in [2.05, 4.69) is 34.0 Å². The third-order valence-corrected chi connectivity index (χ3v) is 4.97. The summed E-state index contributed by atoms with van der Waals surface area (Å²) in [5.74, 6) is -0.418. The fraction of sp³-hybridized carbons (Fsp3) is 0.263. The molecule has 0 spiro atoms. The van der Waals surface area contributed by atoms with Crippen molar-refractivity contribution < 1.29 is 9.59 Å². The molecule has 1 aliphatic heterocycles. The summed E-state index contributed by atoms with van der Waals surface area (Å²) >= 11 is 2.22. The molecule has 1 aliphatic rings. The van der Waals surface area contributed by atoms with E-state index < -0.39 is 0 Å². The molecule has 0 saturated carbocycles. The Hall–Kier alpha value is -1.89. The molecule has 1 atom stereocenters. The molecule has 1 fully saturated rings. The van der Waals surface area contributed by atoms with Crippen LogP contribution in [0.5, 0.6) is 0 Å². The number of halogens is 1. The molecule has 1 N–H and O–H groups in total. The van der Waals surface area contributed by atoms with Gasteiger partial charge in [-0.1, -0.05) is 17.7 Å². The maximum atomic E-state index is 12.5. The second-order valence-corrected chi connectivity index (χ2v) is 7.44. The summed E-state index contributed by atoms with van der Waals surface area (Å²) in [5, 5.41) is 2.91. The highest BCUT2D eigenvalue weighted by atomic mass is 127. The summed E-state index contributed by atoms with van der Waals surface area (Å²) in [6.45, 7) is 4.45. The minimum atomic E-state index is -0.322. The monoisotopic (exact) mass is 434 g/mol. The highest BCUT2D eigenvalue weighted by Gasteiger charge is 2.35. The standard InChI is InChI=1S/C19H19IN2O2/c1-12-3-8-17(13(2)9-12)22-11-14(10-18(22)23)19(24)21-16-6-4-15(20)5-7-16/h3-9,14H,10-11H2,1-2H3,(H,21,24)/t14-/m0/s1. The van der Waals surface area contributed by atoms with E-state index in [1.807, 2.05) is 50.2 Å². The van der Waals surface area contributed by atoms with Crippen molar-refractivity contribution >= 4 is 45.8 Å². The van der Waals surface area contributed by atoms with Gasteiger partial charge in [-0.2, -0.15) is 0 Å². The molecule has 0 unspecified atom stereocenters. The lowest BCUT2D eigenvalue weighted by molar-refractivity contribution is -0.122. The largest absolute Gasteiger partial charge is 0.326 e. The topological polar surface area (TPSA) is 49.4 Å². The second-order valence-electron chi connectivity index (χ2n) is 6.19. The van der Waals surface area contributed by atoms with E-state index in [0.717, 1.165) is 26.1 Å². The SMILES string of the molecule is Cc1ccc(N2C[C@@H](C(=O)Nc3ccc(I)cc3)CC2=O)c(C)c1. The van der Waals surface area contributed by atoms with Crippen LogP contribution in [0, 0.1) is 23.3 Å². The molecule has 2 amide bonds. The highest BCUT2D eigenvalue weighted by molar-refractivity contribution is 14.1. The summed E-state index contributed by atoms with van der Waals surface area (Å²) < 4.78 is 1.11. The van der Waals surface area contributed by atoms with Crippen LogP contribution in [-0.4, -0.2) is 18.4 Å². The van der Waals surface area contributed by atoms with Gasteiger partial charge in [0.25, 0.3) is 0 Å². The third kappa shape index (κ3) is 3.61. The molecule has 0 bridgehead atoms. The number of hydrogen-bond acceptors (Lipinski definition) is 2. The van der Waals surface area contributed by atoms with E-state index in [9.17, 15) is 9.59 Å². The molecule has 5 heteroatoms. The molecular formula is C19H19IN2O2. The normalized spacial score (nSPS) is 17.2. The lowest BCUT2D eigenvalue weighted by Crippen LogP contribution is -2.28. The predicted octanol–water partition coefficient (Wildman–Crippen LogP) is 3.90. The zero-order valence-corrected chi connectivity index (χ0v) is 15.8. The average Bonchev–Trinajstić information content (AvgIpc) is 2.91. The van der Waals surface area contributed by atoms with Crippen LogP contribution in [0.2, 0.25) is 0 Å². The number of carbonyl (C=O) groups is 2. The Morgan fingerprint density at radius 2 is 1.88 bits per heavy atom. The zero-order valence-electron chi connectivity index (χ0n) is 13.7. The van der Waals surface area contributed by atoms with Crippen LogP contribution in [0.15, 0.2) is 42.5 Å². The number of hydrogen-bond donors (Lipinski definition) is 1. The van der Waals surface area contributed by atoms with Crippen molar-refractivity contribution in [3.63, 3.8) is 0 Å². The summed E-state index contributed by atoms with van der Waals surface area (Å²) in [6, 6.07) is 13.6. The smallest absolute Gasteiger partial charge is 0.229 e. The average molecular weight is 434 g/mol. The fourth-order valence-corrected chi connectivity index (χ4v) is 3.36. The molecule has 0 aromatic heterocycles. The van der Waals surface area contributed by atoms with Crippen molar-refractivity contribution in [1.29, 1.82) is 0 Å². The number of nitrogens with one attached hydrogen (secondary N) is 1. The number of aryl methyl sites for hydroxylation is 2. The maximum Gasteiger partial charge on any atom is 0.229 e. The van der Waals surface area contributed by atoms with Gasteiger partial charge in [-0.05, 0) is 72.3 Å². The zero-order chi connectivity index (χ0) is 17.3. The van der Waals surface area contributed by atoms with E-state index in [1.54, 1.807) is 4.90 Å².